The molecule has 0 aliphatic heterocycles. The van der Waals surface area contributed by atoms with Crippen molar-refractivity contribution in [2.45, 2.75) is 45.4 Å². The second-order valence-electron chi connectivity index (χ2n) is 3.29. The zero-order chi connectivity index (χ0) is 10.6. The van der Waals surface area contributed by atoms with Gasteiger partial charge in [0.05, 0.1) is 0 Å². The quantitative estimate of drug-likeness (QED) is 0.366. The van der Waals surface area contributed by atoms with Crippen molar-refractivity contribution < 1.29 is 9.90 Å². The van der Waals surface area contributed by atoms with E-state index in [2.05, 4.69) is 19.1 Å². The summed E-state index contributed by atoms with van der Waals surface area (Å²) in [7, 11) is 0. The van der Waals surface area contributed by atoms with Crippen molar-refractivity contribution in [3.8, 4) is 0 Å². The van der Waals surface area contributed by atoms with Gasteiger partial charge >= 0.3 is 5.97 Å². The number of carbonyl (C=O) groups is 1. The average molecular weight is 196 g/mol. The normalized spacial score (nSPS) is 11.5. The van der Waals surface area contributed by atoms with Crippen LogP contribution in [0.2, 0.25) is 0 Å². The molecule has 0 fully saturated rings. The molecular formula is C12H20O2. The molecule has 0 saturated carbocycles. The van der Waals surface area contributed by atoms with Gasteiger partial charge < -0.3 is 5.11 Å². The highest BCUT2D eigenvalue weighted by atomic mass is 16.4. The van der Waals surface area contributed by atoms with Crippen LogP contribution in [0.3, 0.4) is 0 Å². The Morgan fingerprint density at radius 2 is 1.71 bits per heavy atom. The predicted molar refractivity (Wildman–Crippen MR) is 59.3 cm³/mol. The van der Waals surface area contributed by atoms with Gasteiger partial charge in [-0.1, -0.05) is 38.0 Å². The van der Waals surface area contributed by atoms with E-state index >= 15 is 0 Å². The summed E-state index contributed by atoms with van der Waals surface area (Å²) in [5, 5.41) is 8.31. The summed E-state index contributed by atoms with van der Waals surface area (Å²) in [5.74, 6) is -0.864. The Morgan fingerprint density at radius 3 is 2.36 bits per heavy atom. The van der Waals surface area contributed by atoms with Gasteiger partial charge in [-0.2, -0.15) is 0 Å². The fraction of sp³-hybridized carbons (Fsp3) is 0.583. The van der Waals surface area contributed by atoms with Crippen molar-refractivity contribution in [2.24, 2.45) is 0 Å². The van der Waals surface area contributed by atoms with Gasteiger partial charge in [0.15, 0.2) is 0 Å². The van der Waals surface area contributed by atoms with Crippen LogP contribution >= 0.6 is 0 Å². The molecule has 0 radical (unpaired) electrons. The minimum Gasteiger partial charge on any atom is -0.478 e. The van der Waals surface area contributed by atoms with Gasteiger partial charge in [0.25, 0.3) is 0 Å². The lowest BCUT2D eigenvalue weighted by Crippen LogP contribution is -1.85. The van der Waals surface area contributed by atoms with Crippen molar-refractivity contribution in [3.63, 3.8) is 0 Å². The summed E-state index contributed by atoms with van der Waals surface area (Å²) < 4.78 is 0. The molecule has 0 aromatic rings. The molecule has 0 aromatic carbocycles. The summed E-state index contributed by atoms with van der Waals surface area (Å²) in [6.45, 7) is 2.19. The highest BCUT2D eigenvalue weighted by Crippen LogP contribution is 2.01. The maximum atomic E-state index is 10.1. The first-order valence-corrected chi connectivity index (χ1v) is 5.31. The van der Waals surface area contributed by atoms with Gasteiger partial charge in [0, 0.05) is 6.08 Å². The number of carboxylic acid groups (broad SMARTS) is 1. The number of aliphatic carboxylic acids is 1. The van der Waals surface area contributed by atoms with Crippen LogP contribution in [-0.2, 0) is 4.79 Å². The second-order valence-corrected chi connectivity index (χ2v) is 3.29. The van der Waals surface area contributed by atoms with E-state index in [9.17, 15) is 4.79 Å². The van der Waals surface area contributed by atoms with Crippen LogP contribution in [0.5, 0.6) is 0 Å². The highest BCUT2D eigenvalue weighted by molar-refractivity contribution is 5.79. The Labute approximate surface area is 86.3 Å². The molecule has 0 aliphatic rings. The standard InChI is InChI=1S/C12H20O2/c1-2-3-4-5-6-7-8-9-10-11-12(13)14/h6-7,10-11H,2-5,8-9H2,1H3,(H,13,14)/b7-6?,11-10-. The van der Waals surface area contributed by atoms with Crippen molar-refractivity contribution in [1.29, 1.82) is 0 Å². The molecule has 0 amide bonds. The van der Waals surface area contributed by atoms with E-state index in [0.29, 0.717) is 0 Å². The molecule has 0 aromatic heterocycles. The van der Waals surface area contributed by atoms with E-state index in [1.807, 2.05) is 0 Å². The topological polar surface area (TPSA) is 37.3 Å². The molecule has 0 rings (SSSR count). The molecule has 0 spiro atoms. The first kappa shape index (κ1) is 12.9. The Balaban J connectivity index is 3.22. The molecule has 0 heterocycles. The van der Waals surface area contributed by atoms with Crippen LogP contribution in [0.4, 0.5) is 0 Å². The first-order valence-electron chi connectivity index (χ1n) is 5.31. The SMILES string of the molecule is CCCCCC=CCC/C=C\C(=O)O. The Bertz CT molecular complexity index is 192. The van der Waals surface area contributed by atoms with Crippen LogP contribution in [-0.4, -0.2) is 11.1 Å². The van der Waals surface area contributed by atoms with Gasteiger partial charge in [0.2, 0.25) is 0 Å². The minimum absolute atomic E-state index is 0.816. The largest absolute Gasteiger partial charge is 0.478 e. The van der Waals surface area contributed by atoms with E-state index in [1.54, 1.807) is 6.08 Å². The molecule has 0 saturated heterocycles. The molecule has 2 nitrogen and oxygen atoms in total. The smallest absolute Gasteiger partial charge is 0.327 e. The second kappa shape index (κ2) is 10.0. The first-order chi connectivity index (χ1) is 6.77. The molecule has 2 heteroatoms. The summed E-state index contributed by atoms with van der Waals surface area (Å²) in [6.07, 6.45) is 13.9. The van der Waals surface area contributed by atoms with Crippen molar-refractivity contribution in [1.82, 2.24) is 0 Å². The van der Waals surface area contributed by atoms with Crippen LogP contribution in [0.1, 0.15) is 45.4 Å². The lowest BCUT2D eigenvalue weighted by molar-refractivity contribution is -0.131. The van der Waals surface area contributed by atoms with E-state index in [4.69, 9.17) is 5.11 Å². The maximum Gasteiger partial charge on any atom is 0.327 e. The molecular weight excluding hydrogens is 176 g/mol. The monoisotopic (exact) mass is 196 g/mol. The fourth-order valence-electron chi connectivity index (χ4n) is 1.12. The lowest BCUT2D eigenvalue weighted by Gasteiger charge is -1.91. The predicted octanol–water partition coefficient (Wildman–Crippen LogP) is 3.54. The number of allylic oxidation sites excluding steroid dienone is 3. The molecule has 0 bridgehead atoms. The Morgan fingerprint density at radius 1 is 1.07 bits per heavy atom. The summed E-state index contributed by atoms with van der Waals surface area (Å²) in [5.41, 5.74) is 0. The fourth-order valence-corrected chi connectivity index (χ4v) is 1.12. The zero-order valence-electron chi connectivity index (χ0n) is 8.91. The molecule has 14 heavy (non-hydrogen) atoms. The number of carboxylic acids is 1. The third kappa shape index (κ3) is 11.0. The van der Waals surface area contributed by atoms with Crippen LogP contribution < -0.4 is 0 Å². The van der Waals surface area contributed by atoms with Crippen LogP contribution in [0, 0.1) is 0 Å². The summed E-state index contributed by atoms with van der Waals surface area (Å²) in [6, 6.07) is 0. The number of hydrogen-bond acceptors (Lipinski definition) is 1. The maximum absolute atomic E-state index is 10.1. The zero-order valence-corrected chi connectivity index (χ0v) is 8.91. The molecule has 1 N–H and O–H groups in total. The molecule has 80 valence electrons. The summed E-state index contributed by atoms with van der Waals surface area (Å²) >= 11 is 0. The Hall–Kier alpha value is -1.05. The highest BCUT2D eigenvalue weighted by Gasteiger charge is 1.84. The molecule has 0 aliphatic carbocycles. The van der Waals surface area contributed by atoms with Gasteiger partial charge in [0.1, 0.15) is 0 Å². The van der Waals surface area contributed by atoms with Gasteiger partial charge in [-0.3, -0.25) is 0 Å². The number of rotatable bonds is 8. The number of hydrogen-bond donors (Lipinski definition) is 1. The van der Waals surface area contributed by atoms with Gasteiger partial charge in [-0.05, 0) is 25.7 Å². The van der Waals surface area contributed by atoms with Crippen LogP contribution in [0.25, 0.3) is 0 Å². The number of unbranched alkanes of at least 4 members (excludes halogenated alkanes) is 4. The third-order valence-electron chi connectivity index (χ3n) is 1.90. The minimum atomic E-state index is -0.864. The Kier molecular flexibility index (Phi) is 9.28. The molecule has 0 atom stereocenters. The van der Waals surface area contributed by atoms with Gasteiger partial charge in [-0.15, -0.1) is 0 Å². The average Bonchev–Trinajstić information content (AvgIpc) is 2.15. The van der Waals surface area contributed by atoms with Crippen molar-refractivity contribution in [2.75, 3.05) is 0 Å². The van der Waals surface area contributed by atoms with Crippen molar-refractivity contribution >= 4 is 5.97 Å². The molecule has 0 unspecified atom stereocenters. The van der Waals surface area contributed by atoms with E-state index < -0.39 is 5.97 Å². The van der Waals surface area contributed by atoms with E-state index in [0.717, 1.165) is 19.3 Å². The van der Waals surface area contributed by atoms with Crippen LogP contribution in [0.15, 0.2) is 24.3 Å². The van der Waals surface area contributed by atoms with Gasteiger partial charge in [-0.25, -0.2) is 4.79 Å². The van der Waals surface area contributed by atoms with E-state index in [1.165, 1.54) is 25.3 Å². The lowest BCUT2D eigenvalue weighted by atomic mass is 10.2. The summed E-state index contributed by atoms with van der Waals surface area (Å²) in [4.78, 5) is 10.1. The van der Waals surface area contributed by atoms with E-state index in [-0.39, 0.29) is 0 Å². The van der Waals surface area contributed by atoms with Crippen molar-refractivity contribution in [3.05, 3.63) is 24.3 Å². The third-order valence-corrected chi connectivity index (χ3v) is 1.90.